The number of rotatable bonds is 5. The number of halogens is 1. The van der Waals surface area contributed by atoms with E-state index in [9.17, 15) is 4.79 Å². The number of H-pyrrole nitrogens is 1. The van der Waals surface area contributed by atoms with E-state index in [0.717, 1.165) is 28.8 Å². The molecule has 0 bridgehead atoms. The van der Waals surface area contributed by atoms with Crippen LogP contribution in [0.15, 0.2) is 48.5 Å². The Hall–Kier alpha value is -2.59. The van der Waals surface area contributed by atoms with Crippen LogP contribution in [-0.2, 0) is 6.42 Å². The fourth-order valence-electron chi connectivity index (χ4n) is 3.89. The molecule has 1 aliphatic rings. The summed E-state index contributed by atoms with van der Waals surface area (Å²) < 4.78 is 0. The third-order valence-electron chi connectivity index (χ3n) is 5.25. The molecule has 0 radical (unpaired) electrons. The Morgan fingerprint density at radius 3 is 2.39 bits per heavy atom. The minimum Gasteiger partial charge on any atom is -0.326 e. The Labute approximate surface area is 170 Å². The second-order valence-electron chi connectivity index (χ2n) is 7.72. The lowest BCUT2D eigenvalue weighted by atomic mass is 9.95. The lowest BCUT2D eigenvalue weighted by Crippen LogP contribution is -2.32. The highest BCUT2D eigenvalue weighted by Crippen LogP contribution is 2.43. The lowest BCUT2D eigenvalue weighted by molar-refractivity contribution is 0.0722. The molecule has 2 heterocycles. The first-order valence-corrected chi connectivity index (χ1v) is 10.1. The molecule has 1 amide bonds. The van der Waals surface area contributed by atoms with Crippen molar-refractivity contribution in [2.24, 2.45) is 5.92 Å². The summed E-state index contributed by atoms with van der Waals surface area (Å²) in [6, 6.07) is 16.0. The van der Waals surface area contributed by atoms with Crippen LogP contribution in [0.3, 0.4) is 0 Å². The largest absolute Gasteiger partial charge is 0.326 e. The zero-order valence-corrected chi connectivity index (χ0v) is 17.1. The number of hydrogen-bond acceptors (Lipinski definition) is 2. The SMILES string of the molecule is CCc1ccc(C2c3c(-c4ccc(Cl)cc4)n[nH]c3C(=O)N2CC(C)C)cc1. The summed E-state index contributed by atoms with van der Waals surface area (Å²) in [4.78, 5) is 15.1. The van der Waals surface area contributed by atoms with Crippen molar-refractivity contribution in [1.82, 2.24) is 15.1 Å². The second-order valence-corrected chi connectivity index (χ2v) is 8.15. The van der Waals surface area contributed by atoms with Gasteiger partial charge in [-0.3, -0.25) is 9.89 Å². The van der Waals surface area contributed by atoms with Crippen LogP contribution < -0.4 is 0 Å². The van der Waals surface area contributed by atoms with Crippen molar-refractivity contribution in [3.05, 3.63) is 75.9 Å². The Morgan fingerprint density at radius 1 is 1.11 bits per heavy atom. The van der Waals surface area contributed by atoms with E-state index in [1.807, 2.05) is 29.2 Å². The molecular formula is C23H24ClN3O. The Morgan fingerprint density at radius 2 is 1.79 bits per heavy atom. The molecule has 0 saturated heterocycles. The summed E-state index contributed by atoms with van der Waals surface area (Å²) in [5.41, 5.74) is 5.72. The van der Waals surface area contributed by atoms with Crippen LogP contribution in [-0.4, -0.2) is 27.5 Å². The van der Waals surface area contributed by atoms with Crippen LogP contribution in [0.25, 0.3) is 11.3 Å². The van der Waals surface area contributed by atoms with Gasteiger partial charge in [0, 0.05) is 22.7 Å². The van der Waals surface area contributed by atoms with E-state index in [0.29, 0.717) is 23.2 Å². The molecule has 0 fully saturated rings. The van der Waals surface area contributed by atoms with Crippen LogP contribution in [0.4, 0.5) is 0 Å². The number of aryl methyl sites for hydroxylation is 1. The number of aromatic amines is 1. The van der Waals surface area contributed by atoms with Gasteiger partial charge in [0.25, 0.3) is 5.91 Å². The predicted octanol–water partition coefficient (Wildman–Crippen LogP) is 5.49. The van der Waals surface area contributed by atoms with Crippen molar-refractivity contribution >= 4 is 17.5 Å². The van der Waals surface area contributed by atoms with Crippen molar-refractivity contribution in [3.8, 4) is 11.3 Å². The van der Waals surface area contributed by atoms with E-state index in [1.54, 1.807) is 0 Å². The third-order valence-corrected chi connectivity index (χ3v) is 5.50. The first-order valence-electron chi connectivity index (χ1n) is 9.73. The maximum Gasteiger partial charge on any atom is 0.273 e. The van der Waals surface area contributed by atoms with Gasteiger partial charge in [-0.15, -0.1) is 0 Å². The van der Waals surface area contributed by atoms with Gasteiger partial charge in [-0.05, 0) is 35.6 Å². The molecule has 4 rings (SSSR count). The summed E-state index contributed by atoms with van der Waals surface area (Å²) in [7, 11) is 0. The molecule has 1 atom stereocenters. The van der Waals surface area contributed by atoms with E-state index in [-0.39, 0.29) is 11.9 Å². The molecule has 4 nitrogen and oxygen atoms in total. The quantitative estimate of drug-likeness (QED) is 0.622. The number of carbonyl (C=O) groups is 1. The molecule has 5 heteroatoms. The highest BCUT2D eigenvalue weighted by Gasteiger charge is 2.42. The Balaban J connectivity index is 1.85. The van der Waals surface area contributed by atoms with E-state index in [2.05, 4.69) is 55.2 Å². The van der Waals surface area contributed by atoms with Gasteiger partial charge in [-0.2, -0.15) is 5.10 Å². The summed E-state index contributed by atoms with van der Waals surface area (Å²) in [6.07, 6.45) is 0.993. The first-order chi connectivity index (χ1) is 13.5. The molecular weight excluding hydrogens is 370 g/mol. The van der Waals surface area contributed by atoms with Crippen LogP contribution in [0, 0.1) is 5.92 Å². The molecule has 1 aromatic heterocycles. The summed E-state index contributed by atoms with van der Waals surface area (Å²) in [5.74, 6) is 0.387. The van der Waals surface area contributed by atoms with Crippen LogP contribution in [0.2, 0.25) is 5.02 Å². The number of amides is 1. The number of nitrogens with zero attached hydrogens (tertiary/aromatic N) is 2. The minimum atomic E-state index is -0.139. The fourth-order valence-corrected chi connectivity index (χ4v) is 4.01. The lowest BCUT2D eigenvalue weighted by Gasteiger charge is -2.28. The standard InChI is InChI=1S/C23H24ClN3O/c1-4-15-5-7-17(8-6-15)22-19-20(16-9-11-18(24)12-10-16)25-26-21(19)23(28)27(22)13-14(2)3/h5-12,14,22H,4,13H2,1-3H3,(H,25,26). The molecule has 3 aromatic rings. The molecule has 1 aliphatic heterocycles. The zero-order valence-electron chi connectivity index (χ0n) is 16.4. The number of carbonyl (C=O) groups excluding carboxylic acids is 1. The van der Waals surface area contributed by atoms with Crippen LogP contribution in [0.1, 0.15) is 54.0 Å². The first kappa shape index (κ1) is 18.8. The zero-order chi connectivity index (χ0) is 19.8. The highest BCUT2D eigenvalue weighted by molar-refractivity contribution is 6.30. The van der Waals surface area contributed by atoms with Crippen molar-refractivity contribution < 1.29 is 4.79 Å². The topological polar surface area (TPSA) is 49.0 Å². The van der Waals surface area contributed by atoms with Crippen molar-refractivity contribution in [2.45, 2.75) is 33.2 Å². The monoisotopic (exact) mass is 393 g/mol. The smallest absolute Gasteiger partial charge is 0.273 e. The van der Waals surface area contributed by atoms with Gasteiger partial charge < -0.3 is 4.90 Å². The molecule has 1 unspecified atom stereocenters. The maximum absolute atomic E-state index is 13.2. The number of fused-ring (bicyclic) bond motifs is 1. The van der Waals surface area contributed by atoms with E-state index < -0.39 is 0 Å². The number of benzene rings is 2. The minimum absolute atomic E-state index is 0.0148. The number of aromatic nitrogens is 2. The van der Waals surface area contributed by atoms with Gasteiger partial charge in [0.15, 0.2) is 0 Å². The van der Waals surface area contributed by atoms with Gasteiger partial charge >= 0.3 is 0 Å². The Kier molecular flexibility index (Phi) is 4.98. The summed E-state index contributed by atoms with van der Waals surface area (Å²) in [5, 5.41) is 8.18. The third kappa shape index (κ3) is 3.22. The van der Waals surface area contributed by atoms with Crippen molar-refractivity contribution in [1.29, 1.82) is 0 Å². The summed E-state index contributed by atoms with van der Waals surface area (Å²) >= 11 is 6.06. The van der Waals surface area contributed by atoms with Crippen LogP contribution in [0.5, 0.6) is 0 Å². The fraction of sp³-hybridized carbons (Fsp3) is 0.304. The number of hydrogen-bond donors (Lipinski definition) is 1. The van der Waals surface area contributed by atoms with Gasteiger partial charge in [0.05, 0.1) is 11.7 Å². The average molecular weight is 394 g/mol. The average Bonchev–Trinajstić information content (AvgIpc) is 3.22. The van der Waals surface area contributed by atoms with Gasteiger partial charge in [-0.25, -0.2) is 0 Å². The highest BCUT2D eigenvalue weighted by atomic mass is 35.5. The predicted molar refractivity (Wildman–Crippen MR) is 113 cm³/mol. The Bertz CT molecular complexity index is 990. The van der Waals surface area contributed by atoms with Crippen LogP contribution >= 0.6 is 11.6 Å². The van der Waals surface area contributed by atoms with Gasteiger partial charge in [0.2, 0.25) is 0 Å². The molecule has 28 heavy (non-hydrogen) atoms. The molecule has 0 aliphatic carbocycles. The van der Waals surface area contributed by atoms with E-state index in [1.165, 1.54) is 5.56 Å². The molecule has 0 spiro atoms. The van der Waals surface area contributed by atoms with Gasteiger partial charge in [-0.1, -0.05) is 68.8 Å². The molecule has 1 N–H and O–H groups in total. The van der Waals surface area contributed by atoms with E-state index >= 15 is 0 Å². The molecule has 0 saturated carbocycles. The van der Waals surface area contributed by atoms with Crippen molar-refractivity contribution in [2.75, 3.05) is 6.54 Å². The number of nitrogens with one attached hydrogen (secondary N) is 1. The van der Waals surface area contributed by atoms with Crippen molar-refractivity contribution in [3.63, 3.8) is 0 Å². The van der Waals surface area contributed by atoms with E-state index in [4.69, 9.17) is 11.6 Å². The normalized spacial score (nSPS) is 16.1. The molecule has 2 aromatic carbocycles. The second kappa shape index (κ2) is 7.44. The maximum atomic E-state index is 13.2. The molecule has 144 valence electrons. The summed E-state index contributed by atoms with van der Waals surface area (Å²) in [6.45, 7) is 7.11. The van der Waals surface area contributed by atoms with Gasteiger partial charge in [0.1, 0.15) is 5.69 Å².